The zero-order valence-electron chi connectivity index (χ0n) is 20.6. The van der Waals surface area contributed by atoms with E-state index < -0.39 is 23.2 Å². The molecule has 0 aliphatic carbocycles. The molecule has 3 aromatic rings. The van der Waals surface area contributed by atoms with Crippen molar-refractivity contribution in [3.05, 3.63) is 87.4 Å². The van der Waals surface area contributed by atoms with Gasteiger partial charge in [-0.1, -0.05) is 53.5 Å². The number of benzene rings is 3. The van der Waals surface area contributed by atoms with E-state index in [0.29, 0.717) is 16.3 Å². The van der Waals surface area contributed by atoms with Crippen molar-refractivity contribution in [2.24, 2.45) is 0 Å². The number of carbonyl (C=O) groups excluding carboxylic acids is 2. The molecule has 1 unspecified atom stereocenters. The Morgan fingerprint density at radius 2 is 1.61 bits per heavy atom. The van der Waals surface area contributed by atoms with Crippen LogP contribution in [-0.4, -0.2) is 30.1 Å². The van der Waals surface area contributed by atoms with Gasteiger partial charge in [0.05, 0.1) is 12.2 Å². The number of hydrogen-bond acceptors (Lipinski definition) is 4. The van der Waals surface area contributed by atoms with Crippen molar-refractivity contribution in [1.82, 2.24) is 16.1 Å². The first-order valence-electron chi connectivity index (χ1n) is 11.5. The number of amides is 2. The Balaban J connectivity index is 1.72. The van der Waals surface area contributed by atoms with E-state index >= 15 is 0 Å². The van der Waals surface area contributed by atoms with Crippen LogP contribution >= 0.6 is 23.2 Å². The van der Waals surface area contributed by atoms with E-state index in [0.717, 1.165) is 18.2 Å². The monoisotopic (exact) mass is 565 g/mol. The summed E-state index contributed by atoms with van der Waals surface area (Å²) in [6.07, 6.45) is -3.94. The minimum Gasteiger partial charge on any atom is -0.350 e. The normalized spacial score (nSPS) is 17.6. The van der Waals surface area contributed by atoms with Gasteiger partial charge in [0.1, 0.15) is 0 Å². The molecule has 0 bridgehead atoms. The van der Waals surface area contributed by atoms with Gasteiger partial charge in [0, 0.05) is 32.3 Å². The lowest BCUT2D eigenvalue weighted by molar-refractivity contribution is -0.269. The van der Waals surface area contributed by atoms with Gasteiger partial charge in [0.25, 0.3) is 5.91 Å². The number of fused-ring (bicyclic) bond motifs is 1. The van der Waals surface area contributed by atoms with E-state index in [1.54, 1.807) is 24.3 Å². The molecular weight excluding hydrogens is 542 g/mol. The van der Waals surface area contributed by atoms with Crippen LogP contribution in [0.1, 0.15) is 42.3 Å². The Hall–Kier alpha value is -3.27. The maximum absolute atomic E-state index is 14.4. The van der Waals surface area contributed by atoms with Crippen molar-refractivity contribution < 1.29 is 27.6 Å². The lowest BCUT2D eigenvalue weighted by Gasteiger charge is -2.28. The smallest absolute Gasteiger partial charge is 0.350 e. The molecule has 1 aliphatic heterocycles. The molecular formula is C27H24Cl2F3N3O3. The molecule has 1 heterocycles. The van der Waals surface area contributed by atoms with E-state index in [-0.39, 0.29) is 39.3 Å². The highest BCUT2D eigenvalue weighted by Gasteiger charge is 2.59. The Labute approximate surface area is 227 Å². The molecule has 0 fully saturated rings. The molecule has 3 aromatic carbocycles. The van der Waals surface area contributed by atoms with Crippen LogP contribution in [0.2, 0.25) is 10.0 Å². The Kier molecular flexibility index (Phi) is 7.40. The second-order valence-corrected chi connectivity index (χ2v) is 10.7. The third-order valence-electron chi connectivity index (χ3n) is 5.76. The van der Waals surface area contributed by atoms with Crippen molar-refractivity contribution >= 4 is 51.5 Å². The molecule has 0 spiro atoms. The van der Waals surface area contributed by atoms with Crippen LogP contribution in [0, 0.1) is 0 Å². The summed E-state index contributed by atoms with van der Waals surface area (Å²) >= 11 is 12.0. The number of alkyl halides is 3. The summed E-state index contributed by atoms with van der Waals surface area (Å²) in [4.78, 5) is 30.2. The van der Waals surface area contributed by atoms with Crippen LogP contribution in [-0.2, 0) is 15.2 Å². The quantitative estimate of drug-likeness (QED) is 0.348. The maximum Gasteiger partial charge on any atom is 0.428 e. The molecule has 6 nitrogen and oxygen atoms in total. The number of carbonyl (C=O) groups is 2. The fourth-order valence-corrected chi connectivity index (χ4v) is 4.72. The number of hydroxylamine groups is 1. The van der Waals surface area contributed by atoms with Gasteiger partial charge in [-0.25, -0.2) is 0 Å². The summed E-state index contributed by atoms with van der Waals surface area (Å²) in [5.41, 5.74) is -0.505. The maximum atomic E-state index is 14.4. The van der Waals surface area contributed by atoms with Crippen LogP contribution in [0.5, 0.6) is 0 Å². The average Bonchev–Trinajstić information content (AvgIpc) is 3.27. The second-order valence-electron chi connectivity index (χ2n) is 9.84. The highest BCUT2D eigenvalue weighted by molar-refractivity contribution is 6.34. The molecule has 11 heteroatoms. The molecule has 0 radical (unpaired) electrons. The van der Waals surface area contributed by atoms with Crippen LogP contribution in [0.15, 0.2) is 60.7 Å². The van der Waals surface area contributed by atoms with Crippen LogP contribution in [0.3, 0.4) is 0 Å². The summed E-state index contributed by atoms with van der Waals surface area (Å²) in [6.45, 7) is 5.23. The number of nitrogens with one attached hydrogen (secondary N) is 3. The fourth-order valence-electron chi connectivity index (χ4n) is 4.19. The average molecular weight is 566 g/mol. The van der Waals surface area contributed by atoms with Crippen molar-refractivity contribution in [1.29, 1.82) is 0 Å². The molecule has 1 aliphatic rings. The first-order valence-corrected chi connectivity index (χ1v) is 12.3. The predicted molar refractivity (Wildman–Crippen MR) is 141 cm³/mol. The van der Waals surface area contributed by atoms with E-state index in [1.165, 1.54) is 18.2 Å². The lowest BCUT2D eigenvalue weighted by Crippen LogP contribution is -2.45. The van der Waals surface area contributed by atoms with Gasteiger partial charge in [0.15, 0.2) is 0 Å². The van der Waals surface area contributed by atoms with Gasteiger partial charge in [0.2, 0.25) is 11.5 Å². The van der Waals surface area contributed by atoms with Gasteiger partial charge in [-0.05, 0) is 61.9 Å². The Morgan fingerprint density at radius 1 is 0.974 bits per heavy atom. The first kappa shape index (κ1) is 27.8. The number of rotatable bonds is 5. The molecule has 3 N–H and O–H groups in total. The van der Waals surface area contributed by atoms with Gasteiger partial charge < -0.3 is 10.6 Å². The van der Waals surface area contributed by atoms with E-state index in [4.69, 9.17) is 28.0 Å². The predicted octanol–water partition coefficient (Wildman–Crippen LogP) is 6.12. The summed E-state index contributed by atoms with van der Waals surface area (Å²) in [5, 5.41) is 6.39. The highest BCUT2D eigenvalue weighted by Crippen LogP contribution is 2.48. The zero-order valence-corrected chi connectivity index (χ0v) is 22.1. The van der Waals surface area contributed by atoms with Gasteiger partial charge in [-0.2, -0.15) is 13.2 Å². The number of halogens is 5. The molecule has 0 saturated heterocycles. The van der Waals surface area contributed by atoms with Gasteiger partial charge in [-0.3, -0.25) is 19.9 Å². The highest BCUT2D eigenvalue weighted by atomic mass is 35.5. The molecule has 4 rings (SSSR count). The topological polar surface area (TPSA) is 79.5 Å². The summed E-state index contributed by atoms with van der Waals surface area (Å²) < 4.78 is 43.2. The number of hydrogen-bond donors (Lipinski definition) is 3. The summed E-state index contributed by atoms with van der Waals surface area (Å²) in [5.74, 6) is -0.853. The molecule has 38 heavy (non-hydrogen) atoms. The zero-order chi connectivity index (χ0) is 27.9. The third-order valence-corrected chi connectivity index (χ3v) is 6.20. The standard InChI is InChI=1S/C27H24Cl2F3N3O3/c1-25(2,3)34-23(36)14-33-24(37)21-9-8-20(18-6-4-5-7-19(18)21)22-13-26(38-35-22,27(30,31)32)15-10-16(28)12-17(29)11-15/h4-13,35H,14H2,1-3H3,(H,33,37)(H,34,36). The van der Waals surface area contributed by atoms with E-state index in [1.807, 2.05) is 20.8 Å². The van der Waals surface area contributed by atoms with E-state index in [2.05, 4.69) is 16.1 Å². The minimum atomic E-state index is -4.86. The second kappa shape index (κ2) is 10.1. The minimum absolute atomic E-state index is 0.0265. The summed E-state index contributed by atoms with van der Waals surface area (Å²) in [7, 11) is 0. The largest absolute Gasteiger partial charge is 0.428 e. The molecule has 0 aromatic heterocycles. The van der Waals surface area contributed by atoms with Crippen LogP contribution in [0.25, 0.3) is 16.5 Å². The van der Waals surface area contributed by atoms with Crippen molar-refractivity contribution in [2.75, 3.05) is 6.54 Å². The summed E-state index contributed by atoms with van der Waals surface area (Å²) in [6, 6.07) is 13.4. The Bertz CT molecular complexity index is 1430. The fraction of sp³-hybridized carbons (Fsp3) is 0.259. The van der Waals surface area contributed by atoms with Gasteiger partial charge >= 0.3 is 6.18 Å². The molecule has 1 atom stereocenters. The molecule has 2 amide bonds. The SMILES string of the molecule is CC(C)(C)NC(=O)CNC(=O)c1ccc(C2=CC(c3cc(Cl)cc(Cl)c3)(C(F)(F)F)ON2)c2ccccc12. The van der Waals surface area contributed by atoms with Crippen LogP contribution in [0.4, 0.5) is 13.2 Å². The molecule has 0 saturated carbocycles. The third kappa shape index (κ3) is 5.60. The lowest BCUT2D eigenvalue weighted by atomic mass is 9.90. The van der Waals surface area contributed by atoms with Gasteiger partial charge in [-0.15, -0.1) is 0 Å². The Morgan fingerprint density at radius 3 is 2.21 bits per heavy atom. The van der Waals surface area contributed by atoms with Crippen molar-refractivity contribution in [3.8, 4) is 0 Å². The van der Waals surface area contributed by atoms with Crippen molar-refractivity contribution in [2.45, 2.75) is 38.1 Å². The van der Waals surface area contributed by atoms with E-state index in [9.17, 15) is 22.8 Å². The first-order chi connectivity index (χ1) is 17.7. The molecule has 200 valence electrons. The van der Waals surface area contributed by atoms with Crippen LogP contribution < -0.4 is 16.1 Å². The van der Waals surface area contributed by atoms with Crippen molar-refractivity contribution in [3.63, 3.8) is 0 Å².